The number of hydrogen-bond acceptors (Lipinski definition) is 3. The van der Waals surface area contributed by atoms with Crippen LogP contribution in [-0.2, 0) is 4.74 Å². The Morgan fingerprint density at radius 1 is 1.21 bits per heavy atom. The molecule has 0 bridgehead atoms. The molecule has 2 atom stereocenters. The predicted molar refractivity (Wildman–Crippen MR) is 55.1 cm³/mol. The van der Waals surface area contributed by atoms with Crippen molar-refractivity contribution in [3.63, 3.8) is 0 Å². The maximum absolute atomic E-state index is 9.71. The summed E-state index contributed by atoms with van der Waals surface area (Å²) in [6, 6.07) is 0. The molecule has 1 rings (SSSR count). The summed E-state index contributed by atoms with van der Waals surface area (Å²) >= 11 is 0. The molecule has 0 aromatic heterocycles. The van der Waals surface area contributed by atoms with Gasteiger partial charge >= 0.3 is 0 Å². The first-order chi connectivity index (χ1) is 6.74. The highest BCUT2D eigenvalue weighted by molar-refractivity contribution is 4.73. The van der Waals surface area contributed by atoms with Gasteiger partial charge in [0.2, 0.25) is 0 Å². The third kappa shape index (κ3) is 3.95. The van der Waals surface area contributed by atoms with Crippen LogP contribution in [0.3, 0.4) is 0 Å². The Hall–Kier alpha value is -0.120. The molecule has 0 radical (unpaired) electrons. The van der Waals surface area contributed by atoms with E-state index in [2.05, 4.69) is 0 Å². The molecule has 0 aliphatic carbocycles. The standard InChI is InChI=1S/C11H22O3/c1-2-3-10(12)11(13)8-9-4-6-14-7-5-9/h9-13H,2-8H2,1H3. The maximum atomic E-state index is 9.71. The minimum absolute atomic E-state index is 0.533. The van der Waals surface area contributed by atoms with Crippen LogP contribution in [0, 0.1) is 5.92 Å². The van der Waals surface area contributed by atoms with Gasteiger partial charge in [-0.3, -0.25) is 0 Å². The first-order valence-corrected chi connectivity index (χ1v) is 5.68. The minimum Gasteiger partial charge on any atom is -0.390 e. The third-order valence-corrected chi connectivity index (χ3v) is 2.94. The molecule has 2 N–H and O–H groups in total. The van der Waals surface area contributed by atoms with Gasteiger partial charge in [0.15, 0.2) is 0 Å². The van der Waals surface area contributed by atoms with E-state index in [1.165, 1.54) is 0 Å². The molecule has 0 aromatic rings. The van der Waals surface area contributed by atoms with Crippen LogP contribution in [0.5, 0.6) is 0 Å². The van der Waals surface area contributed by atoms with Crippen LogP contribution in [0.25, 0.3) is 0 Å². The van der Waals surface area contributed by atoms with Crippen LogP contribution in [0.1, 0.15) is 39.0 Å². The lowest BCUT2D eigenvalue weighted by molar-refractivity contribution is -0.0160. The van der Waals surface area contributed by atoms with Crippen molar-refractivity contribution < 1.29 is 14.9 Å². The van der Waals surface area contributed by atoms with Crippen LogP contribution in [0.2, 0.25) is 0 Å². The van der Waals surface area contributed by atoms with Crippen LogP contribution in [0.15, 0.2) is 0 Å². The second kappa shape index (κ2) is 6.38. The molecule has 3 heteroatoms. The molecule has 1 heterocycles. The molecule has 14 heavy (non-hydrogen) atoms. The van der Waals surface area contributed by atoms with E-state index in [0.717, 1.165) is 38.9 Å². The summed E-state index contributed by atoms with van der Waals surface area (Å²) in [6.45, 7) is 3.63. The monoisotopic (exact) mass is 202 g/mol. The average molecular weight is 202 g/mol. The Labute approximate surface area is 86.1 Å². The SMILES string of the molecule is CCCC(O)C(O)CC1CCOCC1. The second-order valence-corrected chi connectivity index (χ2v) is 4.21. The van der Waals surface area contributed by atoms with E-state index < -0.39 is 12.2 Å². The zero-order valence-corrected chi connectivity index (χ0v) is 8.98. The Kier molecular flexibility index (Phi) is 5.45. The topological polar surface area (TPSA) is 49.7 Å². The van der Waals surface area contributed by atoms with Crippen molar-refractivity contribution in [2.24, 2.45) is 5.92 Å². The molecule has 0 amide bonds. The van der Waals surface area contributed by atoms with E-state index in [0.29, 0.717) is 12.3 Å². The number of aliphatic hydroxyl groups is 2. The van der Waals surface area contributed by atoms with Crippen LogP contribution in [-0.4, -0.2) is 35.6 Å². The van der Waals surface area contributed by atoms with Crippen molar-refractivity contribution >= 4 is 0 Å². The fourth-order valence-electron chi connectivity index (χ4n) is 1.97. The Morgan fingerprint density at radius 2 is 1.86 bits per heavy atom. The molecule has 0 aromatic carbocycles. The van der Waals surface area contributed by atoms with E-state index >= 15 is 0 Å². The molecule has 1 aliphatic heterocycles. The molecule has 1 saturated heterocycles. The van der Waals surface area contributed by atoms with Crippen LogP contribution in [0.4, 0.5) is 0 Å². The highest BCUT2D eigenvalue weighted by Crippen LogP contribution is 2.22. The molecule has 1 fully saturated rings. The summed E-state index contributed by atoms with van der Waals surface area (Å²) in [5.41, 5.74) is 0. The summed E-state index contributed by atoms with van der Waals surface area (Å²) < 4.78 is 5.25. The normalized spacial score (nSPS) is 23.4. The van der Waals surface area contributed by atoms with Gasteiger partial charge in [0.05, 0.1) is 12.2 Å². The molecule has 3 nitrogen and oxygen atoms in total. The Morgan fingerprint density at radius 3 is 2.43 bits per heavy atom. The van der Waals surface area contributed by atoms with Gasteiger partial charge in [-0.1, -0.05) is 13.3 Å². The van der Waals surface area contributed by atoms with E-state index in [1.54, 1.807) is 0 Å². The quantitative estimate of drug-likeness (QED) is 0.707. The first-order valence-electron chi connectivity index (χ1n) is 5.68. The summed E-state index contributed by atoms with van der Waals surface area (Å²) in [6.07, 6.45) is 3.31. The lowest BCUT2D eigenvalue weighted by Crippen LogP contribution is -2.30. The zero-order chi connectivity index (χ0) is 10.4. The summed E-state index contributed by atoms with van der Waals surface area (Å²) in [5, 5.41) is 19.3. The molecule has 0 spiro atoms. The maximum Gasteiger partial charge on any atom is 0.0801 e. The van der Waals surface area contributed by atoms with Crippen molar-refractivity contribution in [3.8, 4) is 0 Å². The van der Waals surface area contributed by atoms with Gasteiger partial charge in [0.25, 0.3) is 0 Å². The van der Waals surface area contributed by atoms with Crippen molar-refractivity contribution in [3.05, 3.63) is 0 Å². The predicted octanol–water partition coefficient (Wildman–Crippen LogP) is 1.32. The van der Waals surface area contributed by atoms with Crippen molar-refractivity contribution in [2.75, 3.05) is 13.2 Å². The summed E-state index contributed by atoms with van der Waals surface area (Å²) in [4.78, 5) is 0. The van der Waals surface area contributed by atoms with Crippen molar-refractivity contribution in [2.45, 2.75) is 51.2 Å². The Balaban J connectivity index is 2.20. The molecule has 0 saturated carbocycles. The number of ether oxygens (including phenoxy) is 1. The van der Waals surface area contributed by atoms with Gasteiger partial charge in [-0.15, -0.1) is 0 Å². The van der Waals surface area contributed by atoms with Gasteiger partial charge in [0, 0.05) is 13.2 Å². The van der Waals surface area contributed by atoms with Gasteiger partial charge < -0.3 is 14.9 Å². The second-order valence-electron chi connectivity index (χ2n) is 4.21. The molecule has 2 unspecified atom stereocenters. The highest BCUT2D eigenvalue weighted by atomic mass is 16.5. The molecular weight excluding hydrogens is 180 g/mol. The van der Waals surface area contributed by atoms with Crippen molar-refractivity contribution in [1.29, 1.82) is 0 Å². The third-order valence-electron chi connectivity index (χ3n) is 2.94. The molecular formula is C11H22O3. The van der Waals surface area contributed by atoms with E-state index in [1.807, 2.05) is 6.92 Å². The molecule has 84 valence electrons. The van der Waals surface area contributed by atoms with Crippen LogP contribution >= 0.6 is 0 Å². The fraction of sp³-hybridized carbons (Fsp3) is 1.00. The number of hydrogen-bond donors (Lipinski definition) is 2. The average Bonchev–Trinajstić information content (AvgIpc) is 2.19. The van der Waals surface area contributed by atoms with Gasteiger partial charge in [-0.05, 0) is 31.6 Å². The van der Waals surface area contributed by atoms with E-state index in [-0.39, 0.29) is 0 Å². The zero-order valence-electron chi connectivity index (χ0n) is 8.98. The summed E-state index contributed by atoms with van der Waals surface area (Å²) in [7, 11) is 0. The van der Waals surface area contributed by atoms with Gasteiger partial charge in [-0.2, -0.15) is 0 Å². The Bertz CT molecular complexity index is 143. The minimum atomic E-state index is -0.543. The lowest BCUT2D eigenvalue weighted by Gasteiger charge is -2.26. The first kappa shape index (κ1) is 12.0. The van der Waals surface area contributed by atoms with Crippen molar-refractivity contribution in [1.82, 2.24) is 0 Å². The summed E-state index contributed by atoms with van der Waals surface area (Å²) in [5.74, 6) is 0.533. The van der Waals surface area contributed by atoms with E-state index in [9.17, 15) is 10.2 Å². The van der Waals surface area contributed by atoms with E-state index in [4.69, 9.17) is 4.74 Å². The molecule has 1 aliphatic rings. The van der Waals surface area contributed by atoms with Gasteiger partial charge in [-0.25, -0.2) is 0 Å². The number of aliphatic hydroxyl groups excluding tert-OH is 2. The van der Waals surface area contributed by atoms with Crippen LogP contribution < -0.4 is 0 Å². The fourth-order valence-corrected chi connectivity index (χ4v) is 1.97. The lowest BCUT2D eigenvalue weighted by atomic mass is 9.91. The highest BCUT2D eigenvalue weighted by Gasteiger charge is 2.22. The van der Waals surface area contributed by atoms with Gasteiger partial charge in [0.1, 0.15) is 0 Å². The largest absolute Gasteiger partial charge is 0.390 e. The number of rotatable bonds is 5. The smallest absolute Gasteiger partial charge is 0.0801 e.